The molecule has 48 valence electrons. The van der Waals surface area contributed by atoms with Crippen LogP contribution in [0.25, 0.3) is 0 Å². The number of aliphatic hydroxyl groups is 1. The molecular weight excluding hydrogens is 128 g/mol. The normalized spacial score (nSPS) is 14.2. The fraction of sp³-hybridized carbons (Fsp3) is 0.333. The molecule has 8 heavy (non-hydrogen) atoms. The zero-order valence-electron chi connectivity index (χ0n) is 3.54. The van der Waals surface area contributed by atoms with Crippen LogP contribution < -0.4 is 0 Å². The van der Waals surface area contributed by atoms with Gasteiger partial charge in [-0.05, 0) is 0 Å². The lowest BCUT2D eigenvalue weighted by Crippen LogP contribution is -2.10. The van der Waals surface area contributed by atoms with Crippen LogP contribution in [0, 0.1) is 0 Å². The third-order valence-corrected chi connectivity index (χ3v) is 0.394. The Morgan fingerprint density at radius 3 is 1.75 bits per heavy atom. The minimum atomic E-state index is -4.95. The van der Waals surface area contributed by atoms with E-state index in [-0.39, 0.29) is 0 Å². The molecular formula is C3H2F4O. The molecule has 0 aliphatic carbocycles. The molecule has 0 spiro atoms. The quantitative estimate of drug-likeness (QED) is 0.392. The van der Waals surface area contributed by atoms with Crippen molar-refractivity contribution >= 4 is 0 Å². The molecule has 0 atom stereocenters. The van der Waals surface area contributed by atoms with Crippen molar-refractivity contribution in [3.05, 3.63) is 12.1 Å². The summed E-state index contributed by atoms with van der Waals surface area (Å²) in [7, 11) is 0. The number of allylic oxidation sites excluding steroid dienone is 1. The topological polar surface area (TPSA) is 20.2 Å². The van der Waals surface area contributed by atoms with Crippen LogP contribution in [0.15, 0.2) is 12.1 Å². The van der Waals surface area contributed by atoms with Crippen LogP contribution in [0.5, 0.6) is 0 Å². The van der Waals surface area contributed by atoms with E-state index >= 15 is 0 Å². The summed E-state index contributed by atoms with van der Waals surface area (Å²) in [6.07, 6.45) is -5.85. The molecule has 1 N–H and O–H groups in total. The number of hydrogen-bond acceptors (Lipinski definition) is 1. The van der Waals surface area contributed by atoms with Gasteiger partial charge in [-0.15, -0.1) is 0 Å². The van der Waals surface area contributed by atoms with Gasteiger partial charge >= 0.3 is 6.18 Å². The minimum Gasteiger partial charge on any atom is -0.503 e. The van der Waals surface area contributed by atoms with Crippen molar-refractivity contribution < 1.29 is 22.7 Å². The fourth-order valence-corrected chi connectivity index (χ4v) is 0.0619. The Hall–Kier alpha value is -0.740. The molecule has 0 aromatic carbocycles. The van der Waals surface area contributed by atoms with Gasteiger partial charge in [-0.2, -0.15) is 13.2 Å². The Labute approximate surface area is 42.2 Å². The highest BCUT2D eigenvalue weighted by Gasteiger charge is 2.33. The van der Waals surface area contributed by atoms with Crippen LogP contribution in [0.4, 0.5) is 17.6 Å². The number of alkyl halides is 3. The Kier molecular flexibility index (Phi) is 1.83. The monoisotopic (exact) mass is 130 g/mol. The highest BCUT2D eigenvalue weighted by Crippen LogP contribution is 2.22. The lowest BCUT2D eigenvalue weighted by atomic mass is 10.6. The minimum absolute atomic E-state index is 0.903. The van der Waals surface area contributed by atoms with Crippen molar-refractivity contribution in [1.82, 2.24) is 0 Å². The molecule has 0 aromatic heterocycles. The fourth-order valence-electron chi connectivity index (χ4n) is 0.0619. The van der Waals surface area contributed by atoms with E-state index in [1.54, 1.807) is 0 Å². The molecule has 0 heterocycles. The lowest BCUT2D eigenvalue weighted by molar-refractivity contribution is -0.121. The van der Waals surface area contributed by atoms with Crippen LogP contribution in [-0.4, -0.2) is 11.3 Å². The van der Waals surface area contributed by atoms with Gasteiger partial charge in [0, 0.05) is 0 Å². The molecule has 0 aliphatic rings. The van der Waals surface area contributed by atoms with Gasteiger partial charge in [-0.1, -0.05) is 0 Å². The molecule has 0 radical (unpaired) electrons. The molecule has 0 saturated heterocycles. The first-order chi connectivity index (χ1) is 3.48. The molecule has 0 rings (SSSR count). The van der Waals surface area contributed by atoms with Gasteiger partial charge in [-0.3, -0.25) is 0 Å². The summed E-state index contributed by atoms with van der Waals surface area (Å²) in [5.74, 6) is -2.21. The van der Waals surface area contributed by atoms with E-state index in [1.165, 1.54) is 0 Å². The van der Waals surface area contributed by atoms with Gasteiger partial charge in [-0.25, -0.2) is 4.39 Å². The van der Waals surface area contributed by atoms with Crippen molar-refractivity contribution in [1.29, 1.82) is 0 Å². The van der Waals surface area contributed by atoms with E-state index < -0.39 is 18.3 Å². The van der Waals surface area contributed by atoms with Crippen molar-refractivity contribution in [3.8, 4) is 0 Å². The standard InChI is InChI=1S/C3H2F4O/c4-1-2(8)3(5,6)7/h1,8H/b2-1-. The summed E-state index contributed by atoms with van der Waals surface area (Å²) >= 11 is 0. The van der Waals surface area contributed by atoms with Crippen molar-refractivity contribution in [2.24, 2.45) is 0 Å². The van der Waals surface area contributed by atoms with Gasteiger partial charge in [0.05, 0.1) is 0 Å². The van der Waals surface area contributed by atoms with Crippen LogP contribution >= 0.6 is 0 Å². The number of aliphatic hydroxyl groups excluding tert-OH is 1. The molecule has 0 amide bonds. The predicted molar refractivity (Wildman–Crippen MR) is 17.9 cm³/mol. The average Bonchev–Trinajstić information content (AvgIpc) is 1.62. The first-order valence-corrected chi connectivity index (χ1v) is 1.55. The number of halogens is 4. The number of hydrogen-bond donors (Lipinski definition) is 1. The first-order valence-electron chi connectivity index (χ1n) is 1.55. The maximum Gasteiger partial charge on any atom is 0.451 e. The molecule has 0 unspecified atom stereocenters. The summed E-state index contributed by atoms with van der Waals surface area (Å²) in [5.41, 5.74) is 0. The van der Waals surface area contributed by atoms with Gasteiger partial charge in [0.15, 0.2) is 0 Å². The second-order valence-electron chi connectivity index (χ2n) is 0.992. The Morgan fingerprint density at radius 1 is 1.38 bits per heavy atom. The van der Waals surface area contributed by atoms with Crippen LogP contribution in [0.2, 0.25) is 0 Å². The molecule has 0 aromatic rings. The highest BCUT2D eigenvalue weighted by atomic mass is 19.4. The second kappa shape index (κ2) is 2.02. The average molecular weight is 130 g/mol. The van der Waals surface area contributed by atoms with E-state index in [0.29, 0.717) is 0 Å². The Morgan fingerprint density at radius 2 is 1.75 bits per heavy atom. The SMILES string of the molecule is O/C(=C\F)C(F)(F)F. The van der Waals surface area contributed by atoms with Crippen LogP contribution in [0.1, 0.15) is 0 Å². The van der Waals surface area contributed by atoms with E-state index in [1.807, 2.05) is 0 Å². The molecule has 0 aliphatic heterocycles. The second-order valence-corrected chi connectivity index (χ2v) is 0.992. The maximum absolute atomic E-state index is 10.9. The largest absolute Gasteiger partial charge is 0.503 e. The first kappa shape index (κ1) is 7.26. The highest BCUT2D eigenvalue weighted by molar-refractivity contribution is 4.92. The number of rotatable bonds is 0. The molecule has 0 bridgehead atoms. The summed E-state index contributed by atoms with van der Waals surface area (Å²) in [6.45, 7) is 0. The van der Waals surface area contributed by atoms with E-state index in [9.17, 15) is 17.6 Å². The van der Waals surface area contributed by atoms with E-state index in [2.05, 4.69) is 0 Å². The predicted octanol–water partition coefficient (Wildman–Crippen LogP) is 1.92. The van der Waals surface area contributed by atoms with Gasteiger partial charge < -0.3 is 5.11 Å². The van der Waals surface area contributed by atoms with Crippen LogP contribution in [-0.2, 0) is 0 Å². The smallest absolute Gasteiger partial charge is 0.451 e. The van der Waals surface area contributed by atoms with Gasteiger partial charge in [0.2, 0.25) is 5.76 Å². The van der Waals surface area contributed by atoms with E-state index in [4.69, 9.17) is 5.11 Å². The van der Waals surface area contributed by atoms with E-state index in [0.717, 1.165) is 0 Å². The molecule has 0 fully saturated rings. The third-order valence-electron chi connectivity index (χ3n) is 0.394. The molecule has 5 heteroatoms. The summed E-state index contributed by atoms with van der Waals surface area (Å²) in [4.78, 5) is 0. The summed E-state index contributed by atoms with van der Waals surface area (Å²) < 4.78 is 43.4. The van der Waals surface area contributed by atoms with Crippen molar-refractivity contribution in [3.63, 3.8) is 0 Å². The Balaban J connectivity index is 4.03. The zero-order chi connectivity index (χ0) is 6.78. The van der Waals surface area contributed by atoms with Crippen molar-refractivity contribution in [2.45, 2.75) is 6.18 Å². The van der Waals surface area contributed by atoms with Gasteiger partial charge in [0.25, 0.3) is 0 Å². The molecule has 0 saturated carbocycles. The van der Waals surface area contributed by atoms with Crippen LogP contribution in [0.3, 0.4) is 0 Å². The van der Waals surface area contributed by atoms with Gasteiger partial charge in [0.1, 0.15) is 6.33 Å². The molecule has 1 nitrogen and oxygen atoms in total. The summed E-state index contributed by atoms with van der Waals surface area (Å²) in [6, 6.07) is 0. The third kappa shape index (κ3) is 1.81. The lowest BCUT2D eigenvalue weighted by Gasteiger charge is -1.99. The maximum atomic E-state index is 10.9. The summed E-state index contributed by atoms with van der Waals surface area (Å²) in [5, 5.41) is 7.56. The zero-order valence-corrected chi connectivity index (χ0v) is 3.54. The Bertz CT molecular complexity index is 102. The van der Waals surface area contributed by atoms with Crippen molar-refractivity contribution in [2.75, 3.05) is 0 Å².